The minimum absolute atomic E-state index is 1.07. The Hall–Kier alpha value is -0.860. The van der Waals surface area contributed by atoms with Crippen LogP contribution in [0, 0.1) is 5.92 Å². The molecular formula is C5H8O3. The fourth-order valence-corrected chi connectivity index (χ4v) is 0.185. The maximum atomic E-state index is 10.5. The maximum Gasteiger partial charge on any atom is 0.372 e. The van der Waals surface area contributed by atoms with Gasteiger partial charge >= 0.3 is 5.97 Å². The molecule has 0 rings (SSSR count). The van der Waals surface area contributed by atoms with Gasteiger partial charge in [0.25, 0.3) is 0 Å². The summed E-state index contributed by atoms with van der Waals surface area (Å²) < 4.78 is 20.1. The van der Waals surface area contributed by atoms with E-state index in [1.165, 1.54) is 0 Å². The molecule has 1 unspecified atom stereocenters. The van der Waals surface area contributed by atoms with Crippen LogP contribution in [-0.4, -0.2) is 16.9 Å². The van der Waals surface area contributed by atoms with Crippen molar-refractivity contribution in [3.63, 3.8) is 0 Å². The monoisotopic (exact) mass is 120 g/mol. The Balaban J connectivity index is 4.38. The van der Waals surface area contributed by atoms with E-state index in [-0.39, 0.29) is 0 Å². The summed E-state index contributed by atoms with van der Waals surface area (Å²) in [5.41, 5.74) is 0. The largest absolute Gasteiger partial charge is 0.475 e. The van der Waals surface area contributed by atoms with Crippen molar-refractivity contribution < 1.29 is 18.8 Å². The summed E-state index contributed by atoms with van der Waals surface area (Å²) in [5, 5.41) is 8.12. The van der Waals surface area contributed by atoms with Crippen molar-refractivity contribution >= 4 is 11.8 Å². The van der Waals surface area contributed by atoms with Crippen LogP contribution >= 0.6 is 0 Å². The molecule has 46 valence electrons. The van der Waals surface area contributed by atoms with Crippen molar-refractivity contribution in [3.05, 3.63) is 0 Å². The van der Waals surface area contributed by atoms with Crippen LogP contribution in [0.3, 0.4) is 0 Å². The van der Waals surface area contributed by atoms with Crippen LogP contribution in [-0.2, 0) is 9.59 Å². The summed E-state index contributed by atoms with van der Waals surface area (Å²) in [6.45, 7) is -1.45. The number of carboxylic acids is 1. The lowest BCUT2D eigenvalue weighted by molar-refractivity contribution is -0.150. The Kier molecular flexibility index (Phi) is 0.986. The van der Waals surface area contributed by atoms with Crippen molar-refractivity contribution in [2.24, 2.45) is 5.92 Å². The number of hydrogen-bond acceptors (Lipinski definition) is 2. The molecule has 0 radical (unpaired) electrons. The molecule has 0 aromatic rings. The van der Waals surface area contributed by atoms with Gasteiger partial charge in [0, 0.05) is 10.0 Å². The first-order valence-electron chi connectivity index (χ1n) is 3.54. The molecule has 1 N–H and O–H groups in total. The molecule has 0 saturated heterocycles. The average Bonchev–Trinajstić information content (AvgIpc) is 1.82. The lowest BCUT2D eigenvalue weighted by Gasteiger charge is -1.93. The highest BCUT2D eigenvalue weighted by Gasteiger charge is 2.14. The first-order valence-corrected chi connectivity index (χ1v) is 2.04. The van der Waals surface area contributed by atoms with Crippen molar-refractivity contribution in [3.8, 4) is 0 Å². The zero-order chi connectivity index (χ0) is 9.23. The van der Waals surface area contributed by atoms with Gasteiger partial charge < -0.3 is 5.11 Å². The predicted octanol–water partition coefficient (Wildman–Crippen LogP) is 0.296. The second-order valence-corrected chi connectivity index (χ2v) is 1.39. The lowest BCUT2D eigenvalue weighted by atomic mass is 10.2. The summed E-state index contributed by atoms with van der Waals surface area (Å²) >= 11 is 0. The van der Waals surface area contributed by atoms with Crippen molar-refractivity contribution in [2.75, 3.05) is 0 Å². The van der Waals surface area contributed by atoms with Gasteiger partial charge in [0.1, 0.15) is 0 Å². The fourth-order valence-electron chi connectivity index (χ4n) is 0.185. The van der Waals surface area contributed by atoms with Crippen LogP contribution in [0.15, 0.2) is 0 Å². The molecule has 0 amide bonds. The number of Topliss-reactive ketones (excluding diaryl/α,β-unsaturated/α-hetero) is 1. The van der Waals surface area contributed by atoms with Crippen molar-refractivity contribution in [2.45, 2.75) is 13.8 Å². The molecule has 0 saturated carbocycles. The quantitative estimate of drug-likeness (QED) is 0.421. The second-order valence-electron chi connectivity index (χ2n) is 1.39. The zero-order valence-electron chi connectivity index (χ0n) is 7.34. The molecule has 0 aliphatic heterocycles. The number of aliphatic carboxylic acids is 1. The minimum atomic E-state index is -2.52. The predicted molar refractivity (Wildman–Crippen MR) is 27.5 cm³/mol. The van der Waals surface area contributed by atoms with E-state index in [1.54, 1.807) is 0 Å². The van der Waals surface area contributed by atoms with Gasteiger partial charge in [-0.15, -0.1) is 0 Å². The molecule has 0 aliphatic rings. The van der Waals surface area contributed by atoms with Gasteiger partial charge in [-0.25, -0.2) is 4.79 Å². The third-order valence-electron chi connectivity index (χ3n) is 0.604. The molecule has 8 heavy (non-hydrogen) atoms. The fraction of sp³-hybridized carbons (Fsp3) is 0.600. The second kappa shape index (κ2) is 2.45. The molecule has 0 spiro atoms. The number of hydrogen-bond donors (Lipinski definition) is 1. The van der Waals surface area contributed by atoms with E-state index in [0.717, 1.165) is 6.92 Å². The van der Waals surface area contributed by atoms with E-state index < -0.39 is 24.5 Å². The summed E-state index contributed by atoms with van der Waals surface area (Å²) in [6, 6.07) is 0. The van der Waals surface area contributed by atoms with Crippen molar-refractivity contribution in [1.29, 1.82) is 0 Å². The summed E-state index contributed by atoms with van der Waals surface area (Å²) in [5.74, 6) is -4.40. The van der Waals surface area contributed by atoms with E-state index in [4.69, 9.17) is 9.22 Å². The highest BCUT2D eigenvalue weighted by molar-refractivity contribution is 6.33. The number of carbonyl (C=O) groups is 2. The van der Waals surface area contributed by atoms with Crippen molar-refractivity contribution in [1.82, 2.24) is 0 Å². The molecule has 3 nitrogen and oxygen atoms in total. The third kappa shape index (κ3) is 1.73. The third-order valence-corrected chi connectivity index (χ3v) is 0.604. The highest BCUT2D eigenvalue weighted by atomic mass is 16.4. The number of ketones is 1. The van der Waals surface area contributed by atoms with Crippen LogP contribution in [0.1, 0.15) is 17.9 Å². The zero-order valence-corrected chi connectivity index (χ0v) is 4.34. The molecule has 0 aromatic heterocycles. The van der Waals surface area contributed by atoms with Gasteiger partial charge in [0.15, 0.2) is 0 Å². The van der Waals surface area contributed by atoms with E-state index in [0.29, 0.717) is 0 Å². The molecule has 0 aromatic carbocycles. The molecule has 1 atom stereocenters. The van der Waals surface area contributed by atoms with Gasteiger partial charge in [0.2, 0.25) is 5.78 Å². The normalized spacial score (nSPS) is 19.9. The van der Waals surface area contributed by atoms with Crippen LogP contribution in [0.4, 0.5) is 0 Å². The van der Waals surface area contributed by atoms with Crippen LogP contribution in [0.25, 0.3) is 0 Å². The van der Waals surface area contributed by atoms with E-state index in [1.807, 2.05) is 0 Å². The molecule has 0 aliphatic carbocycles. The summed E-state index contributed by atoms with van der Waals surface area (Å²) in [6.07, 6.45) is 0. The van der Waals surface area contributed by atoms with E-state index >= 15 is 0 Å². The van der Waals surface area contributed by atoms with E-state index in [2.05, 4.69) is 0 Å². The van der Waals surface area contributed by atoms with Gasteiger partial charge in [-0.05, 0) is 0 Å². The average molecular weight is 120 g/mol. The summed E-state index contributed by atoms with van der Waals surface area (Å²) in [4.78, 5) is 20.5. The topological polar surface area (TPSA) is 54.4 Å². The van der Waals surface area contributed by atoms with Crippen LogP contribution in [0.5, 0.6) is 0 Å². The van der Waals surface area contributed by atoms with Crippen LogP contribution in [0.2, 0.25) is 0 Å². The first kappa shape index (κ1) is 3.22. The Morgan fingerprint density at radius 3 is 2.38 bits per heavy atom. The molecule has 0 bridgehead atoms. The minimum Gasteiger partial charge on any atom is -0.475 e. The van der Waals surface area contributed by atoms with Gasteiger partial charge in [-0.2, -0.15) is 0 Å². The smallest absolute Gasteiger partial charge is 0.372 e. The lowest BCUT2D eigenvalue weighted by Crippen LogP contribution is -2.18. The number of carboxylic acid groups (broad SMARTS) is 1. The van der Waals surface area contributed by atoms with Gasteiger partial charge in [-0.3, -0.25) is 4.79 Å². The van der Waals surface area contributed by atoms with Gasteiger partial charge in [0.05, 0.1) is 0 Å². The standard InChI is InChI=1S/C5H8O3/c1-3(2)4(6)5(7)8/h3H,1-2H3,(H,7,8)/i1D3,2+1. The van der Waals surface area contributed by atoms with Crippen LogP contribution < -0.4 is 0 Å². The molecule has 0 fully saturated rings. The number of carbonyl (C=O) groups excluding carboxylic acids is 1. The number of rotatable bonds is 2. The van der Waals surface area contributed by atoms with E-state index in [9.17, 15) is 9.59 Å². The molecule has 3 heteroatoms. The molecule has 0 heterocycles. The first-order chi connectivity index (χ1) is 4.76. The Morgan fingerprint density at radius 2 is 2.25 bits per heavy atom. The maximum absolute atomic E-state index is 10.5. The SMILES string of the molecule is [2H]C([2H])([2H])C([13CH3])C(=O)C(=O)O. The highest BCUT2D eigenvalue weighted by Crippen LogP contribution is 1.92. The molecular weight excluding hydrogens is 109 g/mol. The van der Waals surface area contributed by atoms with Gasteiger partial charge in [-0.1, -0.05) is 13.8 Å². The Morgan fingerprint density at radius 1 is 1.75 bits per heavy atom. The Bertz CT molecular complexity index is 184. The summed E-state index contributed by atoms with van der Waals surface area (Å²) in [7, 11) is 0. The Labute approximate surface area is 51.5 Å².